The maximum absolute atomic E-state index is 13.3. The highest BCUT2D eigenvalue weighted by Gasteiger charge is 2.19. The van der Waals surface area contributed by atoms with Gasteiger partial charge in [0, 0.05) is 0 Å². The molecule has 0 amide bonds. The fraction of sp³-hybridized carbons (Fsp3) is 0.357. The van der Waals surface area contributed by atoms with Gasteiger partial charge < -0.3 is 0 Å². The molecule has 0 saturated carbocycles. The molecule has 0 saturated heterocycles. The third-order valence-electron chi connectivity index (χ3n) is 2.90. The van der Waals surface area contributed by atoms with Gasteiger partial charge in [-0.05, 0) is 44.5 Å². The lowest BCUT2D eigenvalue weighted by atomic mass is 10.1. The molecule has 0 N–H and O–H groups in total. The van der Waals surface area contributed by atoms with Gasteiger partial charge in [0.2, 0.25) is 0 Å². The van der Waals surface area contributed by atoms with E-state index < -0.39 is 11.4 Å². The van der Waals surface area contributed by atoms with Gasteiger partial charge in [-0.1, -0.05) is 0 Å². The van der Waals surface area contributed by atoms with Gasteiger partial charge in [-0.15, -0.1) is 0 Å². The summed E-state index contributed by atoms with van der Waals surface area (Å²) in [6.45, 7) is 5.73. The van der Waals surface area contributed by atoms with Crippen LogP contribution in [0.15, 0.2) is 29.3 Å². The monoisotopic (exact) mass is 274 g/mol. The molecule has 2 aromatic rings. The highest BCUT2D eigenvalue weighted by Crippen LogP contribution is 2.12. The maximum atomic E-state index is 13.3. The van der Waals surface area contributed by atoms with Crippen molar-refractivity contribution in [3.8, 4) is 6.07 Å². The fourth-order valence-electron chi connectivity index (χ4n) is 1.89. The van der Waals surface area contributed by atoms with Gasteiger partial charge in [0.25, 0.3) is 0 Å². The van der Waals surface area contributed by atoms with Crippen LogP contribution in [0.3, 0.4) is 0 Å². The fourth-order valence-corrected chi connectivity index (χ4v) is 1.89. The molecule has 1 aromatic carbocycles. The SMILES string of the molecule is CC(C)(C)n1ncn(Cc2cc(F)ccc2C#N)c1=O. The Morgan fingerprint density at radius 2 is 2.10 bits per heavy atom. The highest BCUT2D eigenvalue weighted by atomic mass is 19.1. The molecule has 6 heteroatoms. The van der Waals surface area contributed by atoms with Crippen LogP contribution in [0.4, 0.5) is 4.39 Å². The molecule has 0 atom stereocenters. The predicted octanol–water partition coefficient (Wildman–Crippen LogP) is 1.86. The summed E-state index contributed by atoms with van der Waals surface area (Å²) in [6.07, 6.45) is 1.40. The smallest absolute Gasteiger partial charge is 0.277 e. The van der Waals surface area contributed by atoms with Crippen molar-refractivity contribution in [3.63, 3.8) is 0 Å². The van der Waals surface area contributed by atoms with E-state index in [1.165, 1.54) is 33.8 Å². The Bertz CT molecular complexity index is 731. The van der Waals surface area contributed by atoms with E-state index in [0.717, 1.165) is 0 Å². The number of rotatable bonds is 2. The minimum Gasteiger partial charge on any atom is -0.277 e. The van der Waals surface area contributed by atoms with Crippen LogP contribution in [-0.4, -0.2) is 14.3 Å². The van der Waals surface area contributed by atoms with Crippen molar-refractivity contribution in [1.82, 2.24) is 14.3 Å². The van der Waals surface area contributed by atoms with E-state index >= 15 is 0 Å². The minimum atomic E-state index is -0.435. The summed E-state index contributed by atoms with van der Waals surface area (Å²) < 4.78 is 16.0. The number of nitrogens with zero attached hydrogens (tertiary/aromatic N) is 4. The zero-order chi connectivity index (χ0) is 14.9. The second-order valence-electron chi connectivity index (χ2n) is 5.54. The minimum absolute atomic E-state index is 0.121. The van der Waals surface area contributed by atoms with Crippen molar-refractivity contribution in [3.05, 3.63) is 52.0 Å². The first-order valence-corrected chi connectivity index (χ1v) is 6.16. The average molecular weight is 274 g/mol. The van der Waals surface area contributed by atoms with Gasteiger partial charge in [0.15, 0.2) is 0 Å². The third-order valence-corrected chi connectivity index (χ3v) is 2.90. The van der Waals surface area contributed by atoms with Crippen molar-refractivity contribution in [1.29, 1.82) is 5.26 Å². The number of benzene rings is 1. The molecular formula is C14H15FN4O. The summed E-state index contributed by atoms with van der Waals surface area (Å²) >= 11 is 0. The Kier molecular flexibility index (Phi) is 3.45. The number of hydrogen-bond acceptors (Lipinski definition) is 3. The number of aromatic nitrogens is 3. The van der Waals surface area contributed by atoms with Crippen LogP contribution in [-0.2, 0) is 12.1 Å². The zero-order valence-electron chi connectivity index (χ0n) is 11.6. The second-order valence-corrected chi connectivity index (χ2v) is 5.54. The number of nitriles is 1. The Morgan fingerprint density at radius 3 is 2.65 bits per heavy atom. The molecule has 0 fully saturated rings. The lowest BCUT2D eigenvalue weighted by molar-refractivity contribution is 0.340. The van der Waals surface area contributed by atoms with Crippen LogP contribution < -0.4 is 5.69 Å². The van der Waals surface area contributed by atoms with E-state index in [2.05, 4.69) is 5.10 Å². The normalized spacial score (nSPS) is 11.3. The van der Waals surface area contributed by atoms with Gasteiger partial charge >= 0.3 is 5.69 Å². The molecule has 104 valence electrons. The first-order chi connectivity index (χ1) is 9.32. The van der Waals surface area contributed by atoms with Crippen molar-refractivity contribution < 1.29 is 4.39 Å². The maximum Gasteiger partial charge on any atom is 0.346 e. The quantitative estimate of drug-likeness (QED) is 0.839. The Morgan fingerprint density at radius 1 is 1.40 bits per heavy atom. The largest absolute Gasteiger partial charge is 0.346 e. The molecule has 2 rings (SSSR count). The highest BCUT2D eigenvalue weighted by molar-refractivity contribution is 5.37. The van der Waals surface area contributed by atoms with E-state index in [0.29, 0.717) is 11.1 Å². The first kappa shape index (κ1) is 14.0. The molecule has 1 aromatic heterocycles. The number of hydrogen-bond donors (Lipinski definition) is 0. The molecule has 0 bridgehead atoms. The molecule has 0 spiro atoms. The first-order valence-electron chi connectivity index (χ1n) is 6.16. The zero-order valence-corrected chi connectivity index (χ0v) is 11.6. The molecule has 1 heterocycles. The third kappa shape index (κ3) is 2.62. The summed E-state index contributed by atoms with van der Waals surface area (Å²) in [4.78, 5) is 12.2. The van der Waals surface area contributed by atoms with E-state index in [9.17, 15) is 9.18 Å². The standard InChI is InChI=1S/C14H15FN4O/c1-14(2,3)19-13(20)18(9-17-19)8-11-6-12(15)5-4-10(11)7-16/h4-6,9H,8H2,1-3H3. The molecule has 0 aliphatic heterocycles. The molecule has 0 aliphatic rings. The summed E-state index contributed by atoms with van der Waals surface area (Å²) in [7, 11) is 0. The summed E-state index contributed by atoms with van der Waals surface area (Å²) in [5.74, 6) is -0.435. The molecule has 5 nitrogen and oxygen atoms in total. The molecular weight excluding hydrogens is 259 g/mol. The van der Waals surface area contributed by atoms with E-state index in [4.69, 9.17) is 5.26 Å². The van der Waals surface area contributed by atoms with Gasteiger partial charge in [-0.2, -0.15) is 10.4 Å². The van der Waals surface area contributed by atoms with Crippen LogP contribution in [0, 0.1) is 17.1 Å². The molecule has 0 aliphatic carbocycles. The van der Waals surface area contributed by atoms with Crippen LogP contribution in [0.2, 0.25) is 0 Å². The van der Waals surface area contributed by atoms with Gasteiger partial charge in [-0.3, -0.25) is 4.57 Å². The van der Waals surface area contributed by atoms with Crippen LogP contribution >= 0.6 is 0 Å². The van der Waals surface area contributed by atoms with Crippen molar-refractivity contribution in [2.75, 3.05) is 0 Å². The average Bonchev–Trinajstić information content (AvgIpc) is 2.71. The molecule has 0 unspecified atom stereocenters. The summed E-state index contributed by atoms with van der Waals surface area (Å²) in [5, 5.41) is 13.1. The molecule has 0 radical (unpaired) electrons. The van der Waals surface area contributed by atoms with Crippen LogP contribution in [0.5, 0.6) is 0 Å². The van der Waals surface area contributed by atoms with Crippen LogP contribution in [0.1, 0.15) is 31.9 Å². The predicted molar refractivity (Wildman–Crippen MR) is 71.7 cm³/mol. The van der Waals surface area contributed by atoms with Crippen molar-refractivity contribution in [2.24, 2.45) is 0 Å². The summed E-state index contributed by atoms with van der Waals surface area (Å²) in [5.41, 5.74) is 0.0954. The number of halogens is 1. The lowest BCUT2D eigenvalue weighted by Crippen LogP contribution is -2.35. The van der Waals surface area contributed by atoms with Gasteiger partial charge in [0.05, 0.1) is 23.7 Å². The van der Waals surface area contributed by atoms with Crippen LogP contribution in [0.25, 0.3) is 0 Å². The van der Waals surface area contributed by atoms with Gasteiger partial charge in [0.1, 0.15) is 12.1 Å². The van der Waals surface area contributed by atoms with E-state index in [1.54, 1.807) is 0 Å². The van der Waals surface area contributed by atoms with E-state index in [-0.39, 0.29) is 12.2 Å². The second kappa shape index (κ2) is 4.93. The van der Waals surface area contributed by atoms with E-state index in [1.807, 2.05) is 26.8 Å². The topological polar surface area (TPSA) is 63.6 Å². The Hall–Kier alpha value is -2.42. The lowest BCUT2D eigenvalue weighted by Gasteiger charge is -2.16. The van der Waals surface area contributed by atoms with Crippen molar-refractivity contribution >= 4 is 0 Å². The van der Waals surface area contributed by atoms with Crippen molar-refractivity contribution in [2.45, 2.75) is 32.9 Å². The Balaban J connectivity index is 2.42. The Labute approximate surface area is 115 Å². The summed E-state index contributed by atoms with van der Waals surface area (Å²) in [6, 6.07) is 5.89. The van der Waals surface area contributed by atoms with Gasteiger partial charge in [-0.25, -0.2) is 13.9 Å². The molecule has 20 heavy (non-hydrogen) atoms.